The summed E-state index contributed by atoms with van der Waals surface area (Å²) >= 11 is 0. The van der Waals surface area contributed by atoms with Crippen LogP contribution < -0.4 is 15.0 Å². The summed E-state index contributed by atoms with van der Waals surface area (Å²) in [6.07, 6.45) is 3.20. The van der Waals surface area contributed by atoms with Gasteiger partial charge in [0.1, 0.15) is 5.75 Å². The Bertz CT molecular complexity index is 669. The van der Waals surface area contributed by atoms with E-state index in [-0.39, 0.29) is 5.91 Å². The number of rotatable bonds is 4. The molecule has 2 aromatic rings. The van der Waals surface area contributed by atoms with Gasteiger partial charge in [-0.05, 0) is 12.1 Å². The fraction of sp³-hybridized carbons (Fsp3) is 0.312. The number of ether oxygens (including phenoxy) is 2. The number of morpholine rings is 1. The molecular formula is C16H18N4O3. The van der Waals surface area contributed by atoms with Crippen LogP contribution in [-0.4, -0.2) is 49.3 Å². The standard InChI is InChI=1S/C16H18N4O3/c1-22-14-5-3-2-4-13(14)15(21)19-12-10-17-16(18-11-12)20-6-8-23-9-7-20/h2-5,10-11H,6-9H2,1H3,(H,19,21). The number of carbonyl (C=O) groups excluding carboxylic acids is 1. The zero-order valence-electron chi connectivity index (χ0n) is 12.9. The van der Waals surface area contributed by atoms with Crippen molar-refractivity contribution in [3.8, 4) is 5.75 Å². The topological polar surface area (TPSA) is 76.6 Å². The maximum atomic E-state index is 12.3. The van der Waals surface area contributed by atoms with E-state index in [1.54, 1.807) is 30.6 Å². The van der Waals surface area contributed by atoms with Gasteiger partial charge in [0.15, 0.2) is 0 Å². The quantitative estimate of drug-likeness (QED) is 0.923. The lowest BCUT2D eigenvalue weighted by atomic mass is 10.2. The Balaban J connectivity index is 1.69. The number of nitrogens with zero attached hydrogens (tertiary/aromatic N) is 3. The van der Waals surface area contributed by atoms with E-state index < -0.39 is 0 Å². The monoisotopic (exact) mass is 314 g/mol. The predicted octanol–water partition coefficient (Wildman–Crippen LogP) is 1.57. The molecule has 1 aromatic carbocycles. The van der Waals surface area contributed by atoms with Gasteiger partial charge in [-0.3, -0.25) is 4.79 Å². The number of amides is 1. The number of nitrogens with one attached hydrogen (secondary N) is 1. The second kappa shape index (κ2) is 7.06. The molecule has 1 aliphatic rings. The van der Waals surface area contributed by atoms with Crippen LogP contribution in [0.2, 0.25) is 0 Å². The van der Waals surface area contributed by atoms with Gasteiger partial charge in [-0.25, -0.2) is 9.97 Å². The predicted molar refractivity (Wildman–Crippen MR) is 86.0 cm³/mol. The van der Waals surface area contributed by atoms with Crippen LogP contribution in [0.5, 0.6) is 5.75 Å². The van der Waals surface area contributed by atoms with Crippen LogP contribution in [0.1, 0.15) is 10.4 Å². The van der Waals surface area contributed by atoms with E-state index in [9.17, 15) is 4.79 Å². The van der Waals surface area contributed by atoms with E-state index in [0.29, 0.717) is 36.2 Å². The van der Waals surface area contributed by atoms with Crippen molar-refractivity contribution in [2.75, 3.05) is 43.6 Å². The third-order valence-corrected chi connectivity index (χ3v) is 3.54. The Morgan fingerprint density at radius 2 is 1.91 bits per heavy atom. The molecule has 23 heavy (non-hydrogen) atoms. The number of methoxy groups -OCH3 is 1. The Kier molecular flexibility index (Phi) is 4.68. The fourth-order valence-electron chi connectivity index (χ4n) is 2.34. The maximum absolute atomic E-state index is 12.3. The maximum Gasteiger partial charge on any atom is 0.259 e. The molecule has 0 unspecified atom stereocenters. The van der Waals surface area contributed by atoms with Crippen molar-refractivity contribution in [2.24, 2.45) is 0 Å². The van der Waals surface area contributed by atoms with E-state index in [1.165, 1.54) is 7.11 Å². The largest absolute Gasteiger partial charge is 0.496 e. The van der Waals surface area contributed by atoms with Crippen LogP contribution in [0.25, 0.3) is 0 Å². The second-order valence-corrected chi connectivity index (χ2v) is 5.03. The third kappa shape index (κ3) is 3.57. The van der Waals surface area contributed by atoms with Crippen LogP contribution in [0.4, 0.5) is 11.6 Å². The van der Waals surface area contributed by atoms with Gasteiger partial charge >= 0.3 is 0 Å². The molecule has 0 radical (unpaired) electrons. The number of aromatic nitrogens is 2. The zero-order valence-corrected chi connectivity index (χ0v) is 12.9. The normalized spacial score (nSPS) is 14.4. The van der Waals surface area contributed by atoms with Gasteiger partial charge in [0.2, 0.25) is 5.95 Å². The first-order valence-corrected chi connectivity index (χ1v) is 7.37. The molecule has 0 bridgehead atoms. The molecule has 120 valence electrons. The first kappa shape index (κ1) is 15.2. The lowest BCUT2D eigenvalue weighted by Gasteiger charge is -2.26. The molecule has 0 saturated carbocycles. The average Bonchev–Trinajstić information content (AvgIpc) is 2.63. The van der Waals surface area contributed by atoms with Gasteiger partial charge in [0.25, 0.3) is 5.91 Å². The number of hydrogen-bond donors (Lipinski definition) is 1. The molecule has 0 spiro atoms. The summed E-state index contributed by atoms with van der Waals surface area (Å²) in [5.74, 6) is 0.907. The molecule has 7 heteroatoms. The lowest BCUT2D eigenvalue weighted by molar-refractivity contribution is 0.102. The first-order chi connectivity index (χ1) is 11.3. The highest BCUT2D eigenvalue weighted by molar-refractivity contribution is 6.06. The van der Waals surface area contributed by atoms with E-state index >= 15 is 0 Å². The zero-order chi connectivity index (χ0) is 16.1. The average molecular weight is 314 g/mol. The molecule has 1 aliphatic heterocycles. The van der Waals surface area contributed by atoms with Crippen LogP contribution >= 0.6 is 0 Å². The molecule has 0 atom stereocenters. The van der Waals surface area contributed by atoms with Crippen LogP contribution in [-0.2, 0) is 4.74 Å². The molecule has 1 amide bonds. The van der Waals surface area contributed by atoms with Crippen molar-refractivity contribution in [2.45, 2.75) is 0 Å². The van der Waals surface area contributed by atoms with E-state index in [1.807, 2.05) is 6.07 Å². The summed E-state index contributed by atoms with van der Waals surface area (Å²) in [7, 11) is 1.53. The minimum absolute atomic E-state index is 0.259. The molecular weight excluding hydrogens is 296 g/mol. The van der Waals surface area contributed by atoms with Crippen molar-refractivity contribution >= 4 is 17.5 Å². The molecule has 3 rings (SSSR count). The van der Waals surface area contributed by atoms with Crippen LogP contribution in [0.3, 0.4) is 0 Å². The summed E-state index contributed by atoms with van der Waals surface area (Å²) < 4.78 is 10.5. The smallest absolute Gasteiger partial charge is 0.259 e. The van der Waals surface area contributed by atoms with Gasteiger partial charge in [-0.1, -0.05) is 12.1 Å². The Labute approximate surface area is 134 Å². The molecule has 1 saturated heterocycles. The summed E-state index contributed by atoms with van der Waals surface area (Å²) in [4.78, 5) is 23.0. The minimum Gasteiger partial charge on any atom is -0.496 e. The van der Waals surface area contributed by atoms with Gasteiger partial charge in [0, 0.05) is 13.1 Å². The molecule has 1 N–H and O–H groups in total. The highest BCUT2D eigenvalue weighted by Gasteiger charge is 2.15. The summed E-state index contributed by atoms with van der Waals surface area (Å²) in [5.41, 5.74) is 1.00. The van der Waals surface area contributed by atoms with Crippen molar-refractivity contribution in [1.29, 1.82) is 0 Å². The van der Waals surface area contributed by atoms with Gasteiger partial charge < -0.3 is 19.7 Å². The van der Waals surface area contributed by atoms with E-state index in [2.05, 4.69) is 20.2 Å². The van der Waals surface area contributed by atoms with Crippen LogP contribution in [0, 0.1) is 0 Å². The Morgan fingerprint density at radius 1 is 1.22 bits per heavy atom. The Morgan fingerprint density at radius 3 is 2.61 bits per heavy atom. The number of benzene rings is 1. The number of para-hydroxylation sites is 1. The third-order valence-electron chi connectivity index (χ3n) is 3.54. The van der Waals surface area contributed by atoms with E-state index in [0.717, 1.165) is 13.1 Å². The molecule has 0 aliphatic carbocycles. The first-order valence-electron chi connectivity index (χ1n) is 7.37. The summed E-state index contributed by atoms with van der Waals surface area (Å²) in [6.45, 7) is 2.89. The molecule has 1 aromatic heterocycles. The highest BCUT2D eigenvalue weighted by atomic mass is 16.5. The number of carbonyl (C=O) groups is 1. The Hall–Kier alpha value is -2.67. The lowest BCUT2D eigenvalue weighted by Crippen LogP contribution is -2.37. The van der Waals surface area contributed by atoms with Gasteiger partial charge in [-0.2, -0.15) is 0 Å². The molecule has 2 heterocycles. The van der Waals surface area contributed by atoms with Crippen molar-refractivity contribution in [3.05, 3.63) is 42.2 Å². The summed E-state index contributed by atoms with van der Waals surface area (Å²) in [6, 6.07) is 7.05. The second-order valence-electron chi connectivity index (χ2n) is 5.03. The minimum atomic E-state index is -0.259. The van der Waals surface area contributed by atoms with E-state index in [4.69, 9.17) is 9.47 Å². The fourth-order valence-corrected chi connectivity index (χ4v) is 2.34. The van der Waals surface area contributed by atoms with Crippen molar-refractivity contribution in [1.82, 2.24) is 9.97 Å². The number of anilines is 2. The van der Waals surface area contributed by atoms with Crippen molar-refractivity contribution in [3.63, 3.8) is 0 Å². The summed E-state index contributed by atoms with van der Waals surface area (Å²) in [5, 5.41) is 2.78. The molecule has 1 fully saturated rings. The highest BCUT2D eigenvalue weighted by Crippen LogP contribution is 2.19. The van der Waals surface area contributed by atoms with Gasteiger partial charge in [0.05, 0.1) is 44.0 Å². The number of hydrogen-bond acceptors (Lipinski definition) is 6. The van der Waals surface area contributed by atoms with Crippen molar-refractivity contribution < 1.29 is 14.3 Å². The molecule has 7 nitrogen and oxygen atoms in total. The van der Waals surface area contributed by atoms with Gasteiger partial charge in [-0.15, -0.1) is 0 Å². The van der Waals surface area contributed by atoms with Crippen LogP contribution in [0.15, 0.2) is 36.7 Å². The SMILES string of the molecule is COc1ccccc1C(=O)Nc1cnc(N2CCOCC2)nc1.